The number of benzene rings is 1. The summed E-state index contributed by atoms with van der Waals surface area (Å²) < 4.78 is 27.9. The number of halogens is 1. The van der Waals surface area contributed by atoms with Crippen molar-refractivity contribution in [2.45, 2.75) is 18.2 Å². The van der Waals surface area contributed by atoms with Gasteiger partial charge in [0.15, 0.2) is 0 Å². The molecule has 2 aromatic rings. The summed E-state index contributed by atoms with van der Waals surface area (Å²) in [6.07, 6.45) is 2.56. The number of amides is 2. The van der Waals surface area contributed by atoms with Gasteiger partial charge < -0.3 is 14.7 Å². The van der Waals surface area contributed by atoms with E-state index in [1.54, 1.807) is 35.4 Å². The molecule has 2 aliphatic rings. The first kappa shape index (κ1) is 22.9. The van der Waals surface area contributed by atoms with Gasteiger partial charge in [-0.1, -0.05) is 19.1 Å². The first-order valence-corrected chi connectivity index (χ1v) is 13.0. The first-order chi connectivity index (χ1) is 15.4. The predicted molar refractivity (Wildman–Crippen MR) is 125 cm³/mol. The van der Waals surface area contributed by atoms with E-state index in [-0.39, 0.29) is 24.0 Å². The minimum Gasteiger partial charge on any atom is -0.353 e. The van der Waals surface area contributed by atoms with Gasteiger partial charge in [-0.25, -0.2) is 23.2 Å². The SMILES string of the molecule is CCc1nccc(N2CCN(C(=O)N3CCN(S(=O)(=O)c4ccccc4Br)CC3)CC2)n1. The Labute approximate surface area is 197 Å². The molecule has 3 heterocycles. The molecule has 0 spiro atoms. The summed E-state index contributed by atoms with van der Waals surface area (Å²) >= 11 is 3.33. The second kappa shape index (κ2) is 9.72. The summed E-state index contributed by atoms with van der Waals surface area (Å²) in [7, 11) is -3.59. The standard InChI is InChI=1S/C21H27BrN6O3S/c1-2-19-23-8-7-20(24-19)25-9-11-26(12-10-25)21(29)27-13-15-28(16-14-27)32(30,31)18-6-4-3-5-17(18)22/h3-8H,2,9-16H2,1H3. The highest BCUT2D eigenvalue weighted by Gasteiger charge is 2.33. The smallest absolute Gasteiger partial charge is 0.320 e. The number of aromatic nitrogens is 2. The summed E-state index contributed by atoms with van der Waals surface area (Å²) in [4.78, 5) is 27.9. The molecule has 2 saturated heterocycles. The number of hydrogen-bond acceptors (Lipinski definition) is 6. The van der Waals surface area contributed by atoms with Crippen LogP contribution in [0.1, 0.15) is 12.7 Å². The number of carbonyl (C=O) groups excluding carboxylic acids is 1. The number of aryl methyl sites for hydroxylation is 1. The summed E-state index contributed by atoms with van der Waals surface area (Å²) in [6, 6.07) is 8.68. The molecule has 0 atom stereocenters. The van der Waals surface area contributed by atoms with E-state index in [0.717, 1.165) is 18.1 Å². The molecule has 172 valence electrons. The van der Waals surface area contributed by atoms with Crippen molar-refractivity contribution in [3.05, 3.63) is 46.8 Å². The molecule has 0 bridgehead atoms. The van der Waals surface area contributed by atoms with Crippen LogP contribution in [0, 0.1) is 0 Å². The van der Waals surface area contributed by atoms with E-state index in [9.17, 15) is 13.2 Å². The molecule has 9 nitrogen and oxygen atoms in total. The Bertz CT molecular complexity index is 1070. The third-order valence-electron chi connectivity index (χ3n) is 5.84. The molecule has 1 aromatic heterocycles. The van der Waals surface area contributed by atoms with E-state index in [1.807, 2.05) is 17.9 Å². The van der Waals surface area contributed by atoms with Crippen molar-refractivity contribution in [3.63, 3.8) is 0 Å². The minimum absolute atomic E-state index is 0.0282. The van der Waals surface area contributed by atoms with Crippen LogP contribution in [0.25, 0.3) is 0 Å². The fourth-order valence-corrected chi connectivity index (χ4v) is 6.36. The van der Waals surface area contributed by atoms with Gasteiger partial charge in [-0.3, -0.25) is 0 Å². The van der Waals surface area contributed by atoms with Crippen LogP contribution in [0.4, 0.5) is 10.6 Å². The zero-order chi connectivity index (χ0) is 22.7. The fraction of sp³-hybridized carbons (Fsp3) is 0.476. The normalized spacial score (nSPS) is 18.1. The van der Waals surface area contributed by atoms with Gasteiger partial charge in [0.1, 0.15) is 11.6 Å². The van der Waals surface area contributed by atoms with Gasteiger partial charge in [0.25, 0.3) is 0 Å². The third-order valence-corrected chi connectivity index (χ3v) is 8.76. The van der Waals surface area contributed by atoms with Crippen LogP contribution < -0.4 is 4.90 Å². The van der Waals surface area contributed by atoms with Gasteiger partial charge in [-0.15, -0.1) is 0 Å². The summed E-state index contributed by atoms with van der Waals surface area (Å²) in [6.45, 7) is 6.01. The van der Waals surface area contributed by atoms with E-state index >= 15 is 0 Å². The maximum Gasteiger partial charge on any atom is 0.320 e. The summed E-state index contributed by atoms with van der Waals surface area (Å²) in [5, 5.41) is 0. The molecule has 0 unspecified atom stereocenters. The molecule has 11 heteroatoms. The molecule has 2 aliphatic heterocycles. The number of sulfonamides is 1. The Morgan fingerprint density at radius 1 is 0.969 bits per heavy atom. The number of hydrogen-bond donors (Lipinski definition) is 0. The average molecular weight is 523 g/mol. The van der Waals surface area contributed by atoms with E-state index in [0.29, 0.717) is 43.7 Å². The second-order valence-corrected chi connectivity index (χ2v) is 10.5. The van der Waals surface area contributed by atoms with E-state index in [1.165, 1.54) is 4.31 Å². The lowest BCUT2D eigenvalue weighted by molar-refractivity contribution is 0.132. The number of rotatable bonds is 4. The van der Waals surface area contributed by atoms with Gasteiger partial charge in [0.05, 0.1) is 4.90 Å². The molecule has 4 rings (SSSR count). The predicted octanol–water partition coefficient (Wildman–Crippen LogP) is 2.05. The number of carbonyl (C=O) groups is 1. The quantitative estimate of drug-likeness (QED) is 0.610. The Hall–Kier alpha value is -2.24. The van der Waals surface area contributed by atoms with Crippen LogP contribution in [-0.4, -0.2) is 90.9 Å². The van der Waals surface area contributed by atoms with Crippen LogP contribution in [0.3, 0.4) is 0 Å². The highest BCUT2D eigenvalue weighted by molar-refractivity contribution is 9.10. The lowest BCUT2D eigenvalue weighted by Crippen LogP contribution is -2.57. The highest BCUT2D eigenvalue weighted by Crippen LogP contribution is 2.25. The van der Waals surface area contributed by atoms with Gasteiger partial charge in [0, 0.05) is 69.4 Å². The molecular weight excluding hydrogens is 496 g/mol. The Morgan fingerprint density at radius 2 is 1.59 bits per heavy atom. The maximum atomic E-state index is 13.0. The van der Waals surface area contributed by atoms with Gasteiger partial charge in [-0.05, 0) is 34.1 Å². The number of urea groups is 1. The van der Waals surface area contributed by atoms with Crippen LogP contribution >= 0.6 is 15.9 Å². The van der Waals surface area contributed by atoms with Gasteiger partial charge in [-0.2, -0.15) is 4.31 Å². The molecule has 0 radical (unpaired) electrons. The minimum atomic E-state index is -3.59. The Kier molecular flexibility index (Phi) is 6.96. The lowest BCUT2D eigenvalue weighted by Gasteiger charge is -2.40. The Balaban J connectivity index is 1.32. The molecule has 0 saturated carbocycles. The van der Waals surface area contributed by atoms with E-state index in [2.05, 4.69) is 30.8 Å². The van der Waals surface area contributed by atoms with Crippen molar-refractivity contribution < 1.29 is 13.2 Å². The van der Waals surface area contributed by atoms with Crippen molar-refractivity contribution in [1.29, 1.82) is 0 Å². The molecule has 2 fully saturated rings. The van der Waals surface area contributed by atoms with E-state index < -0.39 is 10.0 Å². The molecule has 1 aromatic carbocycles. The molecule has 0 aliphatic carbocycles. The van der Waals surface area contributed by atoms with E-state index in [4.69, 9.17) is 0 Å². The van der Waals surface area contributed by atoms with Crippen LogP contribution in [0.15, 0.2) is 45.9 Å². The van der Waals surface area contributed by atoms with Crippen LogP contribution in [0.5, 0.6) is 0 Å². The van der Waals surface area contributed by atoms with Crippen molar-refractivity contribution in [3.8, 4) is 0 Å². The Morgan fingerprint density at radius 3 is 2.22 bits per heavy atom. The maximum absolute atomic E-state index is 13.0. The monoisotopic (exact) mass is 522 g/mol. The topological polar surface area (TPSA) is 90.0 Å². The molecular formula is C21H27BrN6O3S. The molecule has 32 heavy (non-hydrogen) atoms. The molecule has 2 amide bonds. The first-order valence-electron chi connectivity index (χ1n) is 10.8. The lowest BCUT2D eigenvalue weighted by atomic mass is 10.3. The highest BCUT2D eigenvalue weighted by atomic mass is 79.9. The number of nitrogens with zero attached hydrogens (tertiary/aromatic N) is 6. The average Bonchev–Trinajstić information content (AvgIpc) is 2.84. The summed E-state index contributed by atoms with van der Waals surface area (Å²) in [5.74, 6) is 1.71. The van der Waals surface area contributed by atoms with Crippen molar-refractivity contribution in [2.24, 2.45) is 0 Å². The van der Waals surface area contributed by atoms with Crippen molar-refractivity contribution in [1.82, 2.24) is 24.1 Å². The fourth-order valence-electron chi connectivity index (χ4n) is 3.97. The second-order valence-electron chi connectivity index (χ2n) is 7.76. The largest absolute Gasteiger partial charge is 0.353 e. The van der Waals surface area contributed by atoms with Crippen molar-refractivity contribution >= 4 is 37.8 Å². The summed E-state index contributed by atoms with van der Waals surface area (Å²) in [5.41, 5.74) is 0. The van der Waals surface area contributed by atoms with Crippen LogP contribution in [-0.2, 0) is 16.4 Å². The van der Waals surface area contributed by atoms with Crippen LogP contribution in [0.2, 0.25) is 0 Å². The van der Waals surface area contributed by atoms with Gasteiger partial charge >= 0.3 is 6.03 Å². The zero-order valence-electron chi connectivity index (χ0n) is 18.0. The zero-order valence-corrected chi connectivity index (χ0v) is 20.4. The number of piperazine rings is 2. The molecule has 0 N–H and O–H groups in total. The van der Waals surface area contributed by atoms with Gasteiger partial charge in [0.2, 0.25) is 10.0 Å². The number of anilines is 1. The third kappa shape index (κ3) is 4.74. The van der Waals surface area contributed by atoms with Crippen molar-refractivity contribution in [2.75, 3.05) is 57.3 Å².